The van der Waals surface area contributed by atoms with Crippen molar-refractivity contribution in [2.45, 2.75) is 58.4 Å². The number of urea groups is 1. The molecule has 2 heterocycles. The Labute approximate surface area is 185 Å². The van der Waals surface area contributed by atoms with E-state index in [1.165, 1.54) is 6.26 Å². The highest BCUT2D eigenvalue weighted by molar-refractivity contribution is 6.08. The maximum atomic E-state index is 12.8. The molecule has 1 aromatic heterocycles. The summed E-state index contributed by atoms with van der Waals surface area (Å²) < 4.78 is 10.6. The van der Waals surface area contributed by atoms with E-state index in [1.54, 1.807) is 0 Å². The van der Waals surface area contributed by atoms with Crippen LogP contribution in [0.15, 0.2) is 22.8 Å². The number of furan rings is 1. The topological polar surface area (TPSA) is 118 Å². The number of benzene rings is 1. The number of carbonyl (C=O) groups is 4. The zero-order valence-corrected chi connectivity index (χ0v) is 18.4. The normalized spacial score (nSPS) is 23.0. The number of nitrogens with zero attached hydrogens (tertiary/aromatic N) is 1. The number of hydrogen-bond donors (Lipinski definition) is 2. The smallest absolute Gasteiger partial charge is 0.344 e. The van der Waals surface area contributed by atoms with Crippen LogP contribution in [0.2, 0.25) is 0 Å². The fourth-order valence-electron chi connectivity index (χ4n) is 4.30. The van der Waals surface area contributed by atoms with Crippen LogP contribution in [0.3, 0.4) is 0 Å². The number of rotatable bonds is 5. The van der Waals surface area contributed by atoms with E-state index in [4.69, 9.17) is 9.15 Å². The third-order valence-corrected chi connectivity index (χ3v) is 6.50. The number of imide groups is 1. The number of amides is 4. The molecule has 2 fully saturated rings. The summed E-state index contributed by atoms with van der Waals surface area (Å²) in [5.74, 6) is -1.35. The number of ether oxygens (including phenoxy) is 1. The van der Waals surface area contributed by atoms with E-state index in [2.05, 4.69) is 17.7 Å². The van der Waals surface area contributed by atoms with Gasteiger partial charge in [0.1, 0.15) is 11.1 Å². The third kappa shape index (κ3) is 4.06. The molecule has 2 aliphatic rings. The van der Waals surface area contributed by atoms with E-state index >= 15 is 0 Å². The first-order valence-corrected chi connectivity index (χ1v) is 10.8. The Morgan fingerprint density at radius 2 is 1.91 bits per heavy atom. The van der Waals surface area contributed by atoms with Crippen molar-refractivity contribution in [2.75, 3.05) is 6.61 Å². The molecule has 2 aromatic rings. The highest BCUT2D eigenvalue weighted by Gasteiger charge is 2.52. The molecule has 2 N–H and O–H groups in total. The molecule has 0 radical (unpaired) electrons. The van der Waals surface area contributed by atoms with Crippen molar-refractivity contribution in [2.24, 2.45) is 5.92 Å². The van der Waals surface area contributed by atoms with E-state index in [1.807, 2.05) is 26.0 Å². The van der Waals surface area contributed by atoms with E-state index in [-0.39, 0.29) is 6.42 Å². The SMILES string of the molecule is Cc1cc2occ(CC(=O)OCC(=O)NN3C(=O)NC4(CCC(C)CC4)C3=O)c2cc1C. The fourth-order valence-corrected chi connectivity index (χ4v) is 4.30. The lowest BCUT2D eigenvalue weighted by Gasteiger charge is -2.33. The number of fused-ring (bicyclic) bond motifs is 1. The molecule has 9 heteroatoms. The average Bonchev–Trinajstić information content (AvgIpc) is 3.22. The Morgan fingerprint density at radius 3 is 2.62 bits per heavy atom. The van der Waals surface area contributed by atoms with E-state index in [0.29, 0.717) is 34.9 Å². The third-order valence-electron chi connectivity index (χ3n) is 6.50. The molecule has 9 nitrogen and oxygen atoms in total. The van der Waals surface area contributed by atoms with E-state index in [0.717, 1.165) is 29.4 Å². The minimum atomic E-state index is -0.952. The number of carbonyl (C=O) groups excluding carboxylic acids is 4. The van der Waals surface area contributed by atoms with Gasteiger partial charge in [-0.05, 0) is 68.7 Å². The molecule has 4 amide bonds. The molecule has 1 saturated carbocycles. The van der Waals surface area contributed by atoms with Gasteiger partial charge >= 0.3 is 12.0 Å². The standard InChI is InChI=1S/C23H27N3O6/c1-13-4-6-23(7-5-13)21(29)26(22(30)24-23)25-19(27)12-32-20(28)10-16-11-31-18-9-15(3)14(2)8-17(16)18/h8-9,11,13H,4-7,10,12H2,1-3H3,(H,24,30)(H,25,27). The minimum Gasteiger partial charge on any atom is -0.464 e. The van der Waals surface area contributed by atoms with Crippen LogP contribution in [0.4, 0.5) is 4.79 Å². The van der Waals surface area contributed by atoms with Gasteiger partial charge < -0.3 is 14.5 Å². The first-order valence-electron chi connectivity index (χ1n) is 10.8. The summed E-state index contributed by atoms with van der Waals surface area (Å²) in [4.78, 5) is 49.5. The second-order valence-corrected chi connectivity index (χ2v) is 8.90. The van der Waals surface area contributed by atoms with Gasteiger partial charge in [-0.1, -0.05) is 6.92 Å². The maximum Gasteiger partial charge on any atom is 0.344 e. The Morgan fingerprint density at radius 1 is 1.22 bits per heavy atom. The highest BCUT2D eigenvalue weighted by atomic mass is 16.5. The van der Waals surface area contributed by atoms with Crippen molar-refractivity contribution < 1.29 is 28.3 Å². The van der Waals surface area contributed by atoms with Crippen LogP contribution in [0.1, 0.15) is 49.3 Å². The first kappa shape index (κ1) is 21.9. The molecule has 4 rings (SSSR count). The Bertz CT molecular complexity index is 1100. The van der Waals surface area contributed by atoms with Crippen LogP contribution in [-0.2, 0) is 25.5 Å². The Kier molecular flexibility index (Phi) is 5.66. The second kappa shape index (κ2) is 8.29. The summed E-state index contributed by atoms with van der Waals surface area (Å²) in [7, 11) is 0. The van der Waals surface area contributed by atoms with E-state index < -0.39 is 36.0 Å². The molecule has 1 spiro atoms. The predicted octanol–water partition coefficient (Wildman–Crippen LogP) is 2.67. The summed E-state index contributed by atoms with van der Waals surface area (Å²) >= 11 is 0. The predicted molar refractivity (Wildman–Crippen MR) is 114 cm³/mol. The van der Waals surface area contributed by atoms with Crippen LogP contribution in [0, 0.1) is 19.8 Å². The molecule has 1 aliphatic heterocycles. The van der Waals surface area contributed by atoms with Crippen LogP contribution in [0.25, 0.3) is 11.0 Å². The summed E-state index contributed by atoms with van der Waals surface area (Å²) in [6, 6.07) is 3.19. The molecule has 1 aromatic carbocycles. The van der Waals surface area contributed by atoms with Gasteiger partial charge in [0.2, 0.25) is 0 Å². The zero-order chi connectivity index (χ0) is 23.0. The lowest BCUT2D eigenvalue weighted by atomic mass is 9.77. The van der Waals surface area contributed by atoms with Crippen molar-refractivity contribution in [3.63, 3.8) is 0 Å². The first-order chi connectivity index (χ1) is 15.2. The van der Waals surface area contributed by atoms with Crippen molar-refractivity contribution in [3.05, 3.63) is 35.1 Å². The van der Waals surface area contributed by atoms with Crippen LogP contribution < -0.4 is 10.7 Å². The Hall–Kier alpha value is -3.36. The minimum absolute atomic E-state index is 0.0623. The maximum absolute atomic E-state index is 12.8. The summed E-state index contributed by atoms with van der Waals surface area (Å²) in [5.41, 5.74) is 4.81. The number of hydrogen-bond acceptors (Lipinski definition) is 6. The number of nitrogens with one attached hydrogen (secondary N) is 2. The van der Waals surface area contributed by atoms with Crippen LogP contribution in [0.5, 0.6) is 0 Å². The molecular formula is C23H27N3O6. The van der Waals surface area contributed by atoms with Gasteiger partial charge in [-0.2, -0.15) is 5.01 Å². The monoisotopic (exact) mass is 441 g/mol. The number of esters is 1. The quantitative estimate of drug-likeness (QED) is 0.544. The lowest BCUT2D eigenvalue weighted by molar-refractivity contribution is -0.150. The second-order valence-electron chi connectivity index (χ2n) is 8.90. The highest BCUT2D eigenvalue weighted by Crippen LogP contribution is 2.35. The van der Waals surface area contributed by atoms with Gasteiger partial charge in [0.05, 0.1) is 12.7 Å². The summed E-state index contributed by atoms with van der Waals surface area (Å²) in [6.07, 6.45) is 4.17. The van der Waals surface area contributed by atoms with Gasteiger partial charge in [-0.25, -0.2) is 4.79 Å². The molecule has 0 unspecified atom stereocenters. The molecule has 0 atom stereocenters. The molecule has 1 saturated heterocycles. The van der Waals surface area contributed by atoms with Gasteiger partial charge in [0.25, 0.3) is 11.8 Å². The Balaban J connectivity index is 1.31. The molecular weight excluding hydrogens is 414 g/mol. The number of hydrazine groups is 1. The van der Waals surface area contributed by atoms with E-state index in [9.17, 15) is 19.2 Å². The molecule has 1 aliphatic carbocycles. The lowest BCUT2D eigenvalue weighted by Crippen LogP contribution is -2.52. The van der Waals surface area contributed by atoms with Gasteiger partial charge in [-0.3, -0.25) is 19.8 Å². The fraction of sp³-hybridized carbons (Fsp3) is 0.478. The zero-order valence-electron chi connectivity index (χ0n) is 18.4. The van der Waals surface area contributed by atoms with Crippen molar-refractivity contribution in [1.29, 1.82) is 0 Å². The number of aryl methyl sites for hydroxylation is 2. The summed E-state index contributed by atoms with van der Waals surface area (Å²) in [5, 5.41) is 4.24. The van der Waals surface area contributed by atoms with Crippen molar-refractivity contribution in [3.8, 4) is 0 Å². The largest absolute Gasteiger partial charge is 0.464 e. The van der Waals surface area contributed by atoms with Crippen LogP contribution >= 0.6 is 0 Å². The average molecular weight is 441 g/mol. The van der Waals surface area contributed by atoms with Crippen LogP contribution in [-0.4, -0.2) is 41.0 Å². The molecule has 32 heavy (non-hydrogen) atoms. The van der Waals surface area contributed by atoms with Gasteiger partial charge in [0, 0.05) is 10.9 Å². The molecule has 0 bridgehead atoms. The molecule has 170 valence electrons. The van der Waals surface area contributed by atoms with Gasteiger partial charge in [-0.15, -0.1) is 0 Å². The van der Waals surface area contributed by atoms with Crippen molar-refractivity contribution in [1.82, 2.24) is 15.8 Å². The van der Waals surface area contributed by atoms with Gasteiger partial charge in [0.15, 0.2) is 6.61 Å². The summed E-state index contributed by atoms with van der Waals surface area (Å²) in [6.45, 7) is 5.46. The van der Waals surface area contributed by atoms with Crippen molar-refractivity contribution >= 4 is 34.8 Å².